The Morgan fingerprint density at radius 3 is 3.00 bits per heavy atom. The van der Waals surface area contributed by atoms with Gasteiger partial charge in [-0.25, -0.2) is 9.37 Å². The second-order valence-electron chi connectivity index (χ2n) is 3.15. The van der Waals surface area contributed by atoms with Crippen molar-refractivity contribution in [2.75, 3.05) is 18.8 Å². The van der Waals surface area contributed by atoms with Crippen molar-refractivity contribution in [3.05, 3.63) is 0 Å². The highest BCUT2D eigenvalue weighted by molar-refractivity contribution is 8.15. The number of rotatable bonds is 5. The van der Waals surface area contributed by atoms with Crippen LogP contribution in [-0.4, -0.2) is 39.5 Å². The number of carboxylic acids is 1. The molecule has 0 spiro atoms. The van der Waals surface area contributed by atoms with Crippen molar-refractivity contribution in [3.8, 4) is 0 Å². The van der Waals surface area contributed by atoms with Gasteiger partial charge in [-0.05, 0) is 18.2 Å². The van der Waals surface area contributed by atoms with Crippen LogP contribution in [-0.2, 0) is 4.79 Å². The van der Waals surface area contributed by atoms with Gasteiger partial charge >= 0.3 is 11.0 Å². The summed E-state index contributed by atoms with van der Waals surface area (Å²) in [5.41, 5.74) is 0. The summed E-state index contributed by atoms with van der Waals surface area (Å²) in [6, 6.07) is 0. The van der Waals surface area contributed by atoms with E-state index in [1.807, 2.05) is 4.58 Å². The minimum absolute atomic E-state index is 0.538. The van der Waals surface area contributed by atoms with Gasteiger partial charge in [0, 0.05) is 6.42 Å². The summed E-state index contributed by atoms with van der Waals surface area (Å²) in [6.45, 7) is 3.96. The van der Waals surface area contributed by atoms with Crippen LogP contribution < -0.4 is 0 Å². The van der Waals surface area contributed by atoms with Crippen LogP contribution in [0, 0.1) is 0 Å². The Hall–Kier alpha value is -0.510. The normalized spacial score (nSPS) is 16.7. The van der Waals surface area contributed by atoms with E-state index in [9.17, 15) is 4.79 Å². The molecule has 3 nitrogen and oxygen atoms in total. The summed E-state index contributed by atoms with van der Waals surface area (Å²) in [5, 5.41) is 9.38. The zero-order valence-electron chi connectivity index (χ0n) is 7.95. The maximum absolute atomic E-state index is 10.7. The van der Waals surface area contributed by atoms with Gasteiger partial charge in [-0.2, -0.15) is 0 Å². The molecule has 0 aromatic heterocycles. The molecule has 0 atom stereocenters. The molecule has 0 aromatic carbocycles. The third-order valence-electron chi connectivity index (χ3n) is 2.10. The highest BCUT2D eigenvalue weighted by Crippen LogP contribution is 2.12. The molecule has 1 aliphatic rings. The maximum Gasteiger partial charge on any atom is 0.408 e. The molecule has 0 saturated carbocycles. The van der Waals surface area contributed by atoms with Gasteiger partial charge in [-0.15, -0.1) is 0 Å². The average molecular weight is 202 g/mol. The van der Waals surface area contributed by atoms with Crippen molar-refractivity contribution in [1.29, 1.82) is 0 Å². The largest absolute Gasteiger partial charge is 0.473 e. The van der Waals surface area contributed by atoms with Gasteiger partial charge in [0.05, 0.1) is 5.75 Å². The fraction of sp³-hybridized carbons (Fsp3) is 0.778. The van der Waals surface area contributed by atoms with Crippen LogP contribution in [0.3, 0.4) is 0 Å². The van der Waals surface area contributed by atoms with E-state index in [2.05, 4.69) is 6.92 Å². The fourth-order valence-electron chi connectivity index (χ4n) is 1.41. The lowest BCUT2D eigenvalue weighted by Gasteiger charge is -1.97. The molecule has 1 rings (SSSR count). The minimum atomic E-state index is -0.765. The summed E-state index contributed by atoms with van der Waals surface area (Å²) in [5.74, 6) is 0.160. The topological polar surface area (TPSA) is 40.3 Å². The molecule has 0 radical (unpaired) electrons. The lowest BCUT2D eigenvalue weighted by molar-refractivity contribution is -0.517. The third-order valence-corrected chi connectivity index (χ3v) is 3.19. The van der Waals surface area contributed by atoms with E-state index in [1.54, 1.807) is 0 Å². The van der Waals surface area contributed by atoms with Gasteiger partial charge in [0.1, 0.15) is 6.54 Å². The maximum atomic E-state index is 10.7. The Kier molecular flexibility index (Phi) is 4.28. The summed E-state index contributed by atoms with van der Waals surface area (Å²) in [6.07, 6.45) is 3.48. The smallest absolute Gasteiger partial charge is 0.408 e. The van der Waals surface area contributed by atoms with Crippen LogP contribution in [0.15, 0.2) is 0 Å². The summed E-state index contributed by atoms with van der Waals surface area (Å²) in [4.78, 5) is 10.7. The molecule has 0 bridgehead atoms. The first-order chi connectivity index (χ1) is 6.25. The van der Waals surface area contributed by atoms with Crippen molar-refractivity contribution in [2.24, 2.45) is 0 Å². The van der Waals surface area contributed by atoms with Gasteiger partial charge in [0.15, 0.2) is 6.54 Å². The number of aliphatic carboxylic acids is 1. The number of nitrogens with zero attached hydrogens (tertiary/aromatic N) is 1. The number of carboxylic acid groups (broad SMARTS) is 1. The molecule has 1 heterocycles. The number of thioether (sulfide) groups is 1. The van der Waals surface area contributed by atoms with Crippen molar-refractivity contribution >= 4 is 22.8 Å². The molecule has 0 saturated heterocycles. The number of carbonyl (C=O) groups is 1. The van der Waals surface area contributed by atoms with E-state index in [1.165, 1.54) is 24.6 Å². The first-order valence-corrected chi connectivity index (χ1v) is 5.72. The Morgan fingerprint density at radius 2 is 2.38 bits per heavy atom. The predicted molar refractivity (Wildman–Crippen MR) is 54.6 cm³/mol. The molecule has 1 aliphatic heterocycles. The molecule has 0 fully saturated rings. The molecule has 0 amide bonds. The quantitative estimate of drug-likeness (QED) is 0.541. The minimum Gasteiger partial charge on any atom is -0.473 e. The van der Waals surface area contributed by atoms with Crippen LogP contribution >= 0.6 is 11.8 Å². The van der Waals surface area contributed by atoms with Gasteiger partial charge in [-0.1, -0.05) is 13.3 Å². The zero-order valence-corrected chi connectivity index (χ0v) is 8.77. The molecule has 1 N–H and O–H groups in total. The lowest BCUT2D eigenvalue weighted by Crippen LogP contribution is -2.22. The molecular formula is C9H16NO2S+. The highest BCUT2D eigenvalue weighted by atomic mass is 32.2. The number of unbranched alkanes of at least 4 members (excludes halogenated alkanes) is 2. The predicted octanol–water partition coefficient (Wildman–Crippen LogP) is 1.42. The van der Waals surface area contributed by atoms with E-state index >= 15 is 0 Å². The average Bonchev–Trinajstić information content (AvgIpc) is 2.53. The first kappa shape index (κ1) is 10.6. The zero-order chi connectivity index (χ0) is 9.68. The van der Waals surface area contributed by atoms with Crippen molar-refractivity contribution in [3.63, 3.8) is 0 Å². The van der Waals surface area contributed by atoms with Gasteiger partial charge in [0.2, 0.25) is 0 Å². The Labute approximate surface area is 82.8 Å². The van der Waals surface area contributed by atoms with Gasteiger partial charge in [0.25, 0.3) is 0 Å². The van der Waals surface area contributed by atoms with Crippen molar-refractivity contribution in [2.45, 2.75) is 26.2 Å². The fourth-order valence-corrected chi connectivity index (χ4v) is 2.40. The monoisotopic (exact) mass is 202 g/mol. The van der Waals surface area contributed by atoms with Gasteiger partial charge < -0.3 is 5.11 Å². The molecule has 4 heteroatoms. The van der Waals surface area contributed by atoms with Gasteiger partial charge in [-0.3, -0.25) is 0 Å². The van der Waals surface area contributed by atoms with E-state index in [4.69, 9.17) is 5.11 Å². The molecule has 74 valence electrons. The van der Waals surface area contributed by atoms with Crippen LogP contribution in [0.5, 0.6) is 0 Å². The lowest BCUT2D eigenvalue weighted by atomic mass is 10.2. The second kappa shape index (κ2) is 5.27. The molecule has 0 aromatic rings. The standard InChI is InChI=1S/C9H15NO2S/c1-2-3-4-5-10-6-7-13-8(10)9(11)12/h2-7H2,1H3/p+1. The highest BCUT2D eigenvalue weighted by Gasteiger charge is 2.28. The Bertz CT molecular complexity index is 226. The van der Waals surface area contributed by atoms with E-state index < -0.39 is 5.97 Å². The first-order valence-electron chi connectivity index (χ1n) is 4.73. The summed E-state index contributed by atoms with van der Waals surface area (Å²) in [7, 11) is 0. The van der Waals surface area contributed by atoms with Crippen LogP contribution in [0.25, 0.3) is 0 Å². The SMILES string of the molecule is CCCCC[N+]1=C(C(=O)O)SCC1. The summed E-state index contributed by atoms with van der Waals surface area (Å²) >= 11 is 1.46. The number of hydrogen-bond donors (Lipinski definition) is 1. The van der Waals surface area contributed by atoms with Crippen molar-refractivity contribution < 1.29 is 14.5 Å². The van der Waals surface area contributed by atoms with E-state index in [-0.39, 0.29) is 0 Å². The number of hydrogen-bond acceptors (Lipinski definition) is 2. The van der Waals surface area contributed by atoms with E-state index in [0.717, 1.165) is 25.3 Å². The van der Waals surface area contributed by atoms with Crippen LogP contribution in [0.2, 0.25) is 0 Å². The Balaban J connectivity index is 2.45. The second-order valence-corrected chi connectivity index (χ2v) is 4.24. The van der Waals surface area contributed by atoms with Crippen LogP contribution in [0.1, 0.15) is 26.2 Å². The molecule has 0 aliphatic carbocycles. The van der Waals surface area contributed by atoms with Crippen molar-refractivity contribution in [1.82, 2.24) is 0 Å². The molecular weight excluding hydrogens is 186 g/mol. The third kappa shape index (κ3) is 3.03. The molecule has 13 heavy (non-hydrogen) atoms. The Morgan fingerprint density at radius 1 is 1.62 bits per heavy atom. The molecule has 0 unspecified atom stereocenters. The van der Waals surface area contributed by atoms with E-state index in [0.29, 0.717) is 5.04 Å². The summed E-state index contributed by atoms with van der Waals surface area (Å²) < 4.78 is 1.99. The van der Waals surface area contributed by atoms with Crippen LogP contribution in [0.4, 0.5) is 0 Å².